The van der Waals surface area contributed by atoms with Crippen molar-refractivity contribution in [2.75, 3.05) is 6.54 Å². The SMILES string of the molecule is Cc1ccc(CN(CCCn2ccnc2)Cc2ccc(F)cc2)s1. The average molecular weight is 343 g/mol. The fraction of sp³-hybridized carbons (Fsp3) is 0.316. The van der Waals surface area contributed by atoms with Gasteiger partial charge in [-0.3, -0.25) is 4.90 Å². The van der Waals surface area contributed by atoms with Gasteiger partial charge in [0.25, 0.3) is 0 Å². The summed E-state index contributed by atoms with van der Waals surface area (Å²) in [5, 5.41) is 0. The zero-order valence-electron chi connectivity index (χ0n) is 13.9. The summed E-state index contributed by atoms with van der Waals surface area (Å²) in [6.45, 7) is 5.86. The molecule has 3 nitrogen and oxygen atoms in total. The van der Waals surface area contributed by atoms with E-state index in [0.29, 0.717) is 0 Å². The van der Waals surface area contributed by atoms with Gasteiger partial charge in [-0.25, -0.2) is 9.37 Å². The molecule has 0 N–H and O–H groups in total. The minimum Gasteiger partial charge on any atom is -0.337 e. The topological polar surface area (TPSA) is 21.1 Å². The Labute approximate surface area is 146 Å². The van der Waals surface area contributed by atoms with Gasteiger partial charge in [-0.05, 0) is 43.2 Å². The predicted molar refractivity (Wildman–Crippen MR) is 96.4 cm³/mol. The van der Waals surface area contributed by atoms with Crippen LogP contribution in [-0.4, -0.2) is 21.0 Å². The first-order valence-electron chi connectivity index (χ1n) is 8.17. The first kappa shape index (κ1) is 16.9. The average Bonchev–Trinajstić information content (AvgIpc) is 3.21. The molecule has 0 aliphatic rings. The number of benzene rings is 1. The molecule has 0 fully saturated rings. The monoisotopic (exact) mass is 343 g/mol. The van der Waals surface area contributed by atoms with Crippen molar-refractivity contribution in [1.29, 1.82) is 0 Å². The van der Waals surface area contributed by atoms with Crippen molar-refractivity contribution in [3.8, 4) is 0 Å². The lowest BCUT2D eigenvalue weighted by atomic mass is 10.2. The highest BCUT2D eigenvalue weighted by molar-refractivity contribution is 7.11. The maximum Gasteiger partial charge on any atom is 0.123 e. The minimum atomic E-state index is -0.181. The number of hydrogen-bond donors (Lipinski definition) is 0. The second kappa shape index (κ2) is 8.22. The Morgan fingerprint density at radius 1 is 1.12 bits per heavy atom. The first-order chi connectivity index (χ1) is 11.7. The molecule has 2 heterocycles. The van der Waals surface area contributed by atoms with Crippen LogP contribution in [0.4, 0.5) is 4.39 Å². The lowest BCUT2D eigenvalue weighted by Gasteiger charge is -2.22. The molecule has 126 valence electrons. The van der Waals surface area contributed by atoms with Crippen LogP contribution in [0, 0.1) is 12.7 Å². The van der Waals surface area contributed by atoms with Crippen LogP contribution in [0.2, 0.25) is 0 Å². The molecule has 3 aromatic rings. The summed E-state index contributed by atoms with van der Waals surface area (Å²) in [7, 11) is 0. The smallest absolute Gasteiger partial charge is 0.123 e. The van der Waals surface area contributed by atoms with E-state index in [1.54, 1.807) is 0 Å². The lowest BCUT2D eigenvalue weighted by Crippen LogP contribution is -2.24. The standard InChI is InChI=1S/C19H22FN3S/c1-16-3-8-19(24-16)14-23(11-2-10-22-12-9-21-15-22)13-17-4-6-18(20)7-5-17/h3-9,12,15H,2,10-11,13-14H2,1H3. The van der Waals surface area contributed by atoms with Gasteiger partial charge in [-0.1, -0.05) is 12.1 Å². The van der Waals surface area contributed by atoms with Crippen molar-refractivity contribution in [3.63, 3.8) is 0 Å². The van der Waals surface area contributed by atoms with Crippen LogP contribution < -0.4 is 0 Å². The van der Waals surface area contributed by atoms with Crippen LogP contribution in [-0.2, 0) is 19.6 Å². The third-order valence-corrected chi connectivity index (χ3v) is 4.93. The van der Waals surface area contributed by atoms with E-state index in [0.717, 1.165) is 38.2 Å². The van der Waals surface area contributed by atoms with E-state index in [-0.39, 0.29) is 5.82 Å². The molecule has 0 saturated carbocycles. The van der Waals surface area contributed by atoms with Crippen LogP contribution in [0.25, 0.3) is 0 Å². The van der Waals surface area contributed by atoms with Crippen molar-refractivity contribution in [2.24, 2.45) is 0 Å². The highest BCUT2D eigenvalue weighted by atomic mass is 32.1. The Balaban J connectivity index is 1.61. The number of imidazole rings is 1. The van der Waals surface area contributed by atoms with Gasteiger partial charge < -0.3 is 4.57 Å². The summed E-state index contributed by atoms with van der Waals surface area (Å²) in [5.74, 6) is -0.181. The number of halogens is 1. The van der Waals surface area contributed by atoms with Gasteiger partial charge in [0.2, 0.25) is 0 Å². The number of hydrogen-bond acceptors (Lipinski definition) is 3. The van der Waals surface area contributed by atoms with Crippen LogP contribution >= 0.6 is 11.3 Å². The predicted octanol–water partition coefficient (Wildman–Crippen LogP) is 4.48. The van der Waals surface area contributed by atoms with E-state index in [9.17, 15) is 4.39 Å². The van der Waals surface area contributed by atoms with Crippen LogP contribution in [0.5, 0.6) is 0 Å². The molecule has 3 rings (SSSR count). The molecule has 0 bridgehead atoms. The van der Waals surface area contributed by atoms with Crippen molar-refractivity contribution < 1.29 is 4.39 Å². The molecular weight excluding hydrogens is 321 g/mol. The summed E-state index contributed by atoms with van der Waals surface area (Å²) in [6, 6.07) is 11.2. The number of thiophene rings is 1. The van der Waals surface area contributed by atoms with Crippen molar-refractivity contribution in [2.45, 2.75) is 33.0 Å². The number of aromatic nitrogens is 2. The molecule has 0 aliphatic heterocycles. The maximum atomic E-state index is 13.1. The summed E-state index contributed by atoms with van der Waals surface area (Å²) >= 11 is 1.84. The summed E-state index contributed by atoms with van der Waals surface area (Å²) in [6.07, 6.45) is 6.71. The molecule has 0 spiro atoms. The Morgan fingerprint density at radius 3 is 2.62 bits per heavy atom. The fourth-order valence-corrected chi connectivity index (χ4v) is 3.68. The largest absolute Gasteiger partial charge is 0.337 e. The molecule has 0 unspecified atom stereocenters. The molecule has 0 amide bonds. The number of rotatable bonds is 8. The Bertz CT molecular complexity index is 734. The zero-order valence-corrected chi connectivity index (χ0v) is 14.7. The summed E-state index contributed by atoms with van der Waals surface area (Å²) in [4.78, 5) is 9.22. The molecule has 5 heteroatoms. The normalized spacial score (nSPS) is 11.3. The van der Waals surface area contributed by atoms with Gasteiger partial charge in [0.05, 0.1) is 6.33 Å². The van der Waals surface area contributed by atoms with E-state index in [1.165, 1.54) is 21.9 Å². The van der Waals surface area contributed by atoms with Gasteiger partial charge in [0.1, 0.15) is 5.82 Å². The van der Waals surface area contributed by atoms with E-state index in [4.69, 9.17) is 0 Å². The lowest BCUT2D eigenvalue weighted by molar-refractivity contribution is 0.250. The molecule has 0 saturated heterocycles. The quantitative estimate of drug-likeness (QED) is 0.601. The number of nitrogens with zero attached hydrogens (tertiary/aromatic N) is 3. The zero-order chi connectivity index (χ0) is 16.8. The first-order valence-corrected chi connectivity index (χ1v) is 8.98. The molecule has 0 atom stereocenters. The minimum absolute atomic E-state index is 0.181. The van der Waals surface area contributed by atoms with Crippen LogP contribution in [0.3, 0.4) is 0 Å². The molecule has 0 radical (unpaired) electrons. The Morgan fingerprint density at radius 2 is 1.96 bits per heavy atom. The highest BCUT2D eigenvalue weighted by Gasteiger charge is 2.09. The molecule has 1 aromatic carbocycles. The highest BCUT2D eigenvalue weighted by Crippen LogP contribution is 2.19. The molecule has 2 aromatic heterocycles. The third kappa shape index (κ3) is 5.01. The van der Waals surface area contributed by atoms with Crippen LogP contribution in [0.1, 0.15) is 21.7 Å². The molecular formula is C19H22FN3S. The van der Waals surface area contributed by atoms with Gasteiger partial charge in [0, 0.05) is 48.3 Å². The van der Waals surface area contributed by atoms with Gasteiger partial charge in [0.15, 0.2) is 0 Å². The second-order valence-corrected chi connectivity index (χ2v) is 7.38. The van der Waals surface area contributed by atoms with Crippen molar-refractivity contribution in [1.82, 2.24) is 14.5 Å². The summed E-state index contributed by atoms with van der Waals surface area (Å²) in [5.41, 5.74) is 1.15. The van der Waals surface area contributed by atoms with Crippen LogP contribution in [0.15, 0.2) is 55.1 Å². The number of aryl methyl sites for hydroxylation is 2. The maximum absolute atomic E-state index is 13.1. The molecule has 24 heavy (non-hydrogen) atoms. The van der Waals surface area contributed by atoms with Crippen molar-refractivity contribution >= 4 is 11.3 Å². The van der Waals surface area contributed by atoms with E-state index < -0.39 is 0 Å². The summed E-state index contributed by atoms with van der Waals surface area (Å²) < 4.78 is 15.2. The van der Waals surface area contributed by atoms with E-state index in [1.807, 2.05) is 42.2 Å². The third-order valence-electron chi connectivity index (χ3n) is 3.94. The Hall–Kier alpha value is -1.98. The van der Waals surface area contributed by atoms with Gasteiger partial charge >= 0.3 is 0 Å². The second-order valence-electron chi connectivity index (χ2n) is 6.00. The van der Waals surface area contributed by atoms with Gasteiger partial charge in [-0.15, -0.1) is 11.3 Å². The molecule has 0 aliphatic carbocycles. The van der Waals surface area contributed by atoms with Gasteiger partial charge in [-0.2, -0.15) is 0 Å². The van der Waals surface area contributed by atoms with Crippen molar-refractivity contribution in [3.05, 3.63) is 76.3 Å². The van der Waals surface area contributed by atoms with E-state index >= 15 is 0 Å². The fourth-order valence-electron chi connectivity index (χ4n) is 2.75. The Kier molecular flexibility index (Phi) is 5.77. The van der Waals surface area contributed by atoms with E-state index in [2.05, 4.69) is 33.5 Å².